The molecule has 0 atom stereocenters. The normalized spacial score (nSPS) is 11.1. The fourth-order valence-electron chi connectivity index (χ4n) is 1.63. The molecule has 0 amide bonds. The van der Waals surface area contributed by atoms with Crippen molar-refractivity contribution in [3.63, 3.8) is 0 Å². The summed E-state index contributed by atoms with van der Waals surface area (Å²) in [5.74, 6) is 5.95. The van der Waals surface area contributed by atoms with Gasteiger partial charge in [-0.3, -0.25) is 10.8 Å². The summed E-state index contributed by atoms with van der Waals surface area (Å²) in [5, 5.41) is 1.07. The number of nitrogens with zero attached hydrogens (tertiary/aromatic N) is 1. The number of benzene rings is 1. The number of rotatable bonds is 2. The van der Waals surface area contributed by atoms with Crippen LogP contribution in [-0.2, 0) is 0 Å². The van der Waals surface area contributed by atoms with E-state index in [0.717, 1.165) is 22.3 Å². The minimum absolute atomic E-state index is 0.399. The lowest BCUT2D eigenvalue weighted by Crippen LogP contribution is -2.09. The van der Waals surface area contributed by atoms with Crippen LogP contribution in [0, 0.1) is 3.57 Å². The summed E-state index contributed by atoms with van der Waals surface area (Å²) in [6.45, 7) is 4.25. The molecule has 0 spiro atoms. The van der Waals surface area contributed by atoms with Gasteiger partial charge in [0.2, 0.25) is 0 Å². The molecule has 0 fully saturated rings. The van der Waals surface area contributed by atoms with Gasteiger partial charge < -0.3 is 5.43 Å². The molecule has 1 aromatic carbocycles. The van der Waals surface area contributed by atoms with Crippen molar-refractivity contribution in [1.29, 1.82) is 0 Å². The van der Waals surface area contributed by atoms with Crippen LogP contribution in [0.25, 0.3) is 10.9 Å². The lowest BCUT2D eigenvalue weighted by Gasteiger charge is -2.11. The molecule has 0 aliphatic carbocycles. The van der Waals surface area contributed by atoms with Gasteiger partial charge in [-0.25, -0.2) is 0 Å². The van der Waals surface area contributed by atoms with Crippen molar-refractivity contribution in [2.24, 2.45) is 5.84 Å². The van der Waals surface area contributed by atoms with Crippen LogP contribution < -0.4 is 11.3 Å². The molecule has 0 saturated heterocycles. The Balaban J connectivity index is 2.73. The Kier molecular flexibility index (Phi) is 3.30. The van der Waals surface area contributed by atoms with Gasteiger partial charge in [0.05, 0.1) is 11.2 Å². The number of pyridine rings is 1. The zero-order valence-corrected chi connectivity index (χ0v) is 11.4. The van der Waals surface area contributed by atoms with Gasteiger partial charge >= 0.3 is 0 Å². The van der Waals surface area contributed by atoms with Crippen LogP contribution in [0.15, 0.2) is 24.3 Å². The smallest absolute Gasteiger partial charge is 0.0727 e. The van der Waals surface area contributed by atoms with Crippen molar-refractivity contribution in [2.45, 2.75) is 19.8 Å². The maximum atomic E-state index is 5.55. The number of hydrogen-bond donors (Lipinski definition) is 2. The molecule has 3 nitrogen and oxygen atoms in total. The van der Waals surface area contributed by atoms with Gasteiger partial charge in [-0.05, 0) is 52.8 Å². The molecule has 4 heteroatoms. The number of hydrogen-bond acceptors (Lipinski definition) is 3. The van der Waals surface area contributed by atoms with Crippen LogP contribution in [0.1, 0.15) is 25.5 Å². The number of halogens is 1. The number of aromatic nitrogens is 1. The highest BCUT2D eigenvalue weighted by Crippen LogP contribution is 2.27. The van der Waals surface area contributed by atoms with Crippen molar-refractivity contribution in [3.05, 3.63) is 33.5 Å². The third-order valence-corrected chi connectivity index (χ3v) is 3.21. The second-order valence-electron chi connectivity index (χ2n) is 4.06. The van der Waals surface area contributed by atoms with Crippen molar-refractivity contribution < 1.29 is 0 Å². The number of nitrogens with one attached hydrogen (secondary N) is 1. The predicted molar refractivity (Wildman–Crippen MR) is 76.4 cm³/mol. The van der Waals surface area contributed by atoms with Gasteiger partial charge in [-0.2, -0.15) is 0 Å². The molecular formula is C12H14IN3. The van der Waals surface area contributed by atoms with Crippen LogP contribution >= 0.6 is 22.6 Å². The van der Waals surface area contributed by atoms with Gasteiger partial charge in [0.25, 0.3) is 0 Å². The molecule has 2 aromatic rings. The third-order valence-electron chi connectivity index (χ3n) is 2.54. The Morgan fingerprint density at radius 1 is 1.31 bits per heavy atom. The minimum atomic E-state index is 0.399. The summed E-state index contributed by atoms with van der Waals surface area (Å²) in [6, 6.07) is 8.19. The van der Waals surface area contributed by atoms with E-state index in [1.165, 1.54) is 3.57 Å². The Morgan fingerprint density at radius 3 is 2.69 bits per heavy atom. The quantitative estimate of drug-likeness (QED) is 0.506. The molecule has 0 bridgehead atoms. The van der Waals surface area contributed by atoms with E-state index in [1.807, 2.05) is 12.1 Å². The molecule has 0 saturated carbocycles. The van der Waals surface area contributed by atoms with E-state index in [1.54, 1.807) is 0 Å². The first-order chi connectivity index (χ1) is 7.61. The van der Waals surface area contributed by atoms with Gasteiger partial charge in [0.1, 0.15) is 0 Å². The van der Waals surface area contributed by atoms with Gasteiger partial charge in [0.15, 0.2) is 0 Å². The van der Waals surface area contributed by atoms with Crippen LogP contribution in [0.4, 0.5) is 5.69 Å². The van der Waals surface area contributed by atoms with E-state index >= 15 is 0 Å². The largest absolute Gasteiger partial charge is 0.323 e. The summed E-state index contributed by atoms with van der Waals surface area (Å²) >= 11 is 2.29. The molecule has 1 heterocycles. The molecule has 0 aliphatic rings. The van der Waals surface area contributed by atoms with Crippen molar-refractivity contribution in [1.82, 2.24) is 4.98 Å². The zero-order valence-electron chi connectivity index (χ0n) is 9.29. The predicted octanol–water partition coefficient (Wildman–Crippen LogP) is 3.25. The van der Waals surface area contributed by atoms with Crippen molar-refractivity contribution >= 4 is 39.2 Å². The maximum Gasteiger partial charge on any atom is 0.0727 e. The summed E-state index contributed by atoms with van der Waals surface area (Å²) in [4.78, 5) is 4.63. The molecule has 2 rings (SSSR count). The first-order valence-corrected chi connectivity index (χ1v) is 6.26. The third kappa shape index (κ3) is 2.12. The van der Waals surface area contributed by atoms with Crippen molar-refractivity contribution in [2.75, 3.05) is 5.43 Å². The highest BCUT2D eigenvalue weighted by molar-refractivity contribution is 14.1. The van der Waals surface area contributed by atoms with E-state index in [4.69, 9.17) is 5.84 Å². The summed E-state index contributed by atoms with van der Waals surface area (Å²) < 4.78 is 1.18. The van der Waals surface area contributed by atoms with Crippen LogP contribution in [-0.4, -0.2) is 4.98 Å². The Hall–Kier alpha value is -0.880. The van der Waals surface area contributed by atoms with E-state index in [2.05, 4.69) is 59.0 Å². The Labute approximate surface area is 109 Å². The van der Waals surface area contributed by atoms with Crippen LogP contribution in [0.2, 0.25) is 0 Å². The molecule has 0 radical (unpaired) electrons. The number of hydrazine groups is 1. The first-order valence-electron chi connectivity index (χ1n) is 5.18. The zero-order chi connectivity index (χ0) is 11.7. The van der Waals surface area contributed by atoms with Crippen LogP contribution in [0.3, 0.4) is 0 Å². The van der Waals surface area contributed by atoms with Gasteiger partial charge in [-0.15, -0.1) is 0 Å². The highest BCUT2D eigenvalue weighted by atomic mass is 127. The average Bonchev–Trinajstić information content (AvgIpc) is 2.27. The summed E-state index contributed by atoms with van der Waals surface area (Å²) in [6.07, 6.45) is 0. The number of fused-ring (bicyclic) bond motifs is 1. The van der Waals surface area contributed by atoms with Gasteiger partial charge in [0, 0.05) is 14.7 Å². The number of nitrogen functional groups attached to an aromatic ring is 1. The fourth-order valence-corrected chi connectivity index (χ4v) is 2.12. The lowest BCUT2D eigenvalue weighted by molar-refractivity contribution is 0.830. The summed E-state index contributed by atoms with van der Waals surface area (Å²) in [7, 11) is 0. The Bertz CT molecular complexity index is 523. The summed E-state index contributed by atoms with van der Waals surface area (Å²) in [5.41, 5.74) is 5.73. The molecule has 0 unspecified atom stereocenters. The molecule has 1 aromatic heterocycles. The van der Waals surface area contributed by atoms with E-state index in [-0.39, 0.29) is 0 Å². The Morgan fingerprint density at radius 2 is 2.06 bits per heavy atom. The van der Waals surface area contributed by atoms with Gasteiger partial charge in [-0.1, -0.05) is 13.8 Å². The molecular weight excluding hydrogens is 313 g/mol. The topological polar surface area (TPSA) is 50.9 Å². The van der Waals surface area contributed by atoms with E-state index in [0.29, 0.717) is 5.92 Å². The standard InChI is InChI=1S/C12H14IN3/c1-7(2)11-6-12(16-14)9-5-8(13)3-4-10(9)15-11/h3-7H,14H2,1-2H3,(H,15,16). The average molecular weight is 327 g/mol. The highest BCUT2D eigenvalue weighted by Gasteiger charge is 2.07. The van der Waals surface area contributed by atoms with Crippen molar-refractivity contribution in [3.8, 4) is 0 Å². The number of nitrogens with two attached hydrogens (primary N) is 1. The molecule has 16 heavy (non-hydrogen) atoms. The fraction of sp³-hybridized carbons (Fsp3) is 0.250. The van der Waals surface area contributed by atoms with E-state index in [9.17, 15) is 0 Å². The van der Waals surface area contributed by atoms with E-state index < -0.39 is 0 Å². The monoisotopic (exact) mass is 327 g/mol. The SMILES string of the molecule is CC(C)c1cc(NN)c2cc(I)ccc2n1. The minimum Gasteiger partial charge on any atom is -0.323 e. The molecule has 0 aliphatic heterocycles. The molecule has 84 valence electrons. The lowest BCUT2D eigenvalue weighted by atomic mass is 10.1. The van der Waals surface area contributed by atoms with Crippen LogP contribution in [0.5, 0.6) is 0 Å². The second kappa shape index (κ2) is 4.55. The molecule has 3 N–H and O–H groups in total. The first kappa shape index (κ1) is 11.6. The number of anilines is 1. The maximum absolute atomic E-state index is 5.55. The second-order valence-corrected chi connectivity index (χ2v) is 5.30.